The molecular formula is C17H26Cl2N2O. The summed E-state index contributed by atoms with van der Waals surface area (Å²) >= 11 is 0. The van der Waals surface area contributed by atoms with Crippen LogP contribution in [0.3, 0.4) is 0 Å². The van der Waals surface area contributed by atoms with E-state index >= 15 is 0 Å². The zero-order valence-corrected chi connectivity index (χ0v) is 14.8. The largest absolute Gasteiger partial charge is 0.317 e. The number of benzene rings is 1. The van der Waals surface area contributed by atoms with Gasteiger partial charge in [0, 0.05) is 18.7 Å². The molecule has 1 aromatic carbocycles. The fourth-order valence-electron chi connectivity index (χ4n) is 3.63. The van der Waals surface area contributed by atoms with Crippen molar-refractivity contribution in [2.24, 2.45) is 5.41 Å². The van der Waals surface area contributed by atoms with Crippen LogP contribution in [0.2, 0.25) is 0 Å². The summed E-state index contributed by atoms with van der Waals surface area (Å²) in [6.07, 6.45) is 4.00. The molecule has 1 N–H and O–H groups in total. The fraction of sp³-hybridized carbons (Fsp3) is 0.588. The predicted octanol–water partition coefficient (Wildman–Crippen LogP) is 3.31. The van der Waals surface area contributed by atoms with Crippen LogP contribution in [-0.2, 0) is 6.54 Å². The minimum Gasteiger partial charge on any atom is -0.317 e. The maximum Gasteiger partial charge on any atom is 0.159 e. The molecule has 2 aliphatic heterocycles. The standard InChI is InChI=1S/C17H24N2O.2ClH/c1-14(20)16-4-2-15(3-5-16)12-19-11-8-17(13-19)6-9-18-10-7-17;;/h2-5,18H,6-13H2,1H3;2*1H. The van der Waals surface area contributed by atoms with Gasteiger partial charge in [0.05, 0.1) is 0 Å². The first kappa shape index (κ1) is 19.4. The monoisotopic (exact) mass is 344 g/mol. The lowest BCUT2D eigenvalue weighted by atomic mass is 9.78. The van der Waals surface area contributed by atoms with Crippen molar-refractivity contribution < 1.29 is 4.79 Å². The van der Waals surface area contributed by atoms with Crippen LogP contribution in [-0.4, -0.2) is 36.9 Å². The van der Waals surface area contributed by atoms with E-state index in [0.29, 0.717) is 5.41 Å². The Labute approximate surface area is 145 Å². The quantitative estimate of drug-likeness (QED) is 0.853. The first-order chi connectivity index (χ1) is 9.67. The Hall–Kier alpha value is -0.610. The second kappa shape index (κ2) is 8.30. The number of ketones is 1. The number of piperidine rings is 1. The predicted molar refractivity (Wildman–Crippen MR) is 95.4 cm³/mol. The van der Waals surface area contributed by atoms with E-state index < -0.39 is 0 Å². The Kier molecular flexibility index (Phi) is 7.33. The second-order valence-corrected chi connectivity index (χ2v) is 6.46. The van der Waals surface area contributed by atoms with Crippen LogP contribution in [0.1, 0.15) is 42.1 Å². The highest BCUT2D eigenvalue weighted by Crippen LogP contribution is 2.38. The van der Waals surface area contributed by atoms with Gasteiger partial charge in [-0.3, -0.25) is 9.69 Å². The van der Waals surface area contributed by atoms with Crippen molar-refractivity contribution in [1.82, 2.24) is 10.2 Å². The van der Waals surface area contributed by atoms with E-state index in [-0.39, 0.29) is 30.6 Å². The molecule has 0 bridgehead atoms. The number of Topliss-reactive ketones (excluding diaryl/α,β-unsaturated/α-hetero) is 1. The number of carbonyl (C=O) groups excluding carboxylic acids is 1. The van der Waals surface area contributed by atoms with Crippen molar-refractivity contribution in [3.05, 3.63) is 35.4 Å². The molecule has 0 saturated carbocycles. The van der Waals surface area contributed by atoms with Gasteiger partial charge in [0.25, 0.3) is 0 Å². The van der Waals surface area contributed by atoms with Gasteiger partial charge in [0.15, 0.2) is 5.78 Å². The molecule has 0 radical (unpaired) electrons. The molecule has 0 aliphatic carbocycles. The van der Waals surface area contributed by atoms with Crippen molar-refractivity contribution in [2.75, 3.05) is 26.2 Å². The topological polar surface area (TPSA) is 32.3 Å². The number of nitrogens with one attached hydrogen (secondary N) is 1. The fourth-order valence-corrected chi connectivity index (χ4v) is 3.63. The molecule has 2 aliphatic rings. The van der Waals surface area contributed by atoms with Crippen LogP contribution in [0.4, 0.5) is 0 Å². The number of hydrogen-bond acceptors (Lipinski definition) is 3. The van der Waals surface area contributed by atoms with Crippen LogP contribution in [0, 0.1) is 5.41 Å². The Morgan fingerprint density at radius 2 is 1.77 bits per heavy atom. The summed E-state index contributed by atoms with van der Waals surface area (Å²) in [5.74, 6) is 0.145. The third-order valence-corrected chi connectivity index (χ3v) is 4.95. The molecule has 1 spiro atoms. The summed E-state index contributed by atoms with van der Waals surface area (Å²) in [6.45, 7) is 7.46. The molecule has 1 aromatic rings. The maximum atomic E-state index is 11.3. The minimum atomic E-state index is 0. The maximum absolute atomic E-state index is 11.3. The smallest absolute Gasteiger partial charge is 0.159 e. The summed E-state index contributed by atoms with van der Waals surface area (Å²) in [4.78, 5) is 13.9. The van der Waals surface area contributed by atoms with Gasteiger partial charge in [-0.05, 0) is 56.8 Å². The molecule has 0 aromatic heterocycles. The van der Waals surface area contributed by atoms with Crippen LogP contribution in [0.15, 0.2) is 24.3 Å². The Morgan fingerprint density at radius 1 is 1.14 bits per heavy atom. The van der Waals surface area contributed by atoms with Gasteiger partial charge in [-0.25, -0.2) is 0 Å². The van der Waals surface area contributed by atoms with Gasteiger partial charge in [-0.2, -0.15) is 0 Å². The summed E-state index contributed by atoms with van der Waals surface area (Å²) in [6, 6.07) is 8.11. The second-order valence-electron chi connectivity index (χ2n) is 6.46. The molecule has 0 amide bonds. The highest BCUT2D eigenvalue weighted by atomic mass is 35.5. The lowest BCUT2D eigenvalue weighted by molar-refractivity contribution is 0.101. The molecule has 3 rings (SSSR count). The zero-order chi connectivity index (χ0) is 14.0. The van der Waals surface area contributed by atoms with Gasteiger partial charge in [-0.1, -0.05) is 24.3 Å². The molecular weight excluding hydrogens is 319 g/mol. The summed E-state index contributed by atoms with van der Waals surface area (Å²) in [5.41, 5.74) is 2.70. The highest BCUT2D eigenvalue weighted by molar-refractivity contribution is 5.94. The van der Waals surface area contributed by atoms with Crippen LogP contribution < -0.4 is 5.32 Å². The van der Waals surface area contributed by atoms with Gasteiger partial charge < -0.3 is 5.32 Å². The van der Waals surface area contributed by atoms with E-state index in [0.717, 1.165) is 12.1 Å². The van der Waals surface area contributed by atoms with E-state index in [1.807, 2.05) is 12.1 Å². The lowest BCUT2D eigenvalue weighted by Crippen LogP contribution is -2.38. The number of nitrogens with zero attached hydrogens (tertiary/aromatic N) is 1. The molecule has 2 fully saturated rings. The average Bonchev–Trinajstić information content (AvgIpc) is 2.83. The normalized spacial score (nSPS) is 20.2. The molecule has 2 heterocycles. The van der Waals surface area contributed by atoms with Crippen molar-refractivity contribution in [3.63, 3.8) is 0 Å². The van der Waals surface area contributed by atoms with E-state index in [9.17, 15) is 4.79 Å². The van der Waals surface area contributed by atoms with Crippen LogP contribution in [0.25, 0.3) is 0 Å². The summed E-state index contributed by atoms with van der Waals surface area (Å²) in [7, 11) is 0. The third kappa shape index (κ3) is 4.45. The van der Waals surface area contributed by atoms with Crippen molar-refractivity contribution in [1.29, 1.82) is 0 Å². The lowest BCUT2D eigenvalue weighted by Gasteiger charge is -2.33. The molecule has 0 atom stereocenters. The van der Waals surface area contributed by atoms with Crippen molar-refractivity contribution in [3.8, 4) is 0 Å². The zero-order valence-electron chi connectivity index (χ0n) is 13.1. The third-order valence-electron chi connectivity index (χ3n) is 4.95. The van der Waals surface area contributed by atoms with Gasteiger partial charge in [0.1, 0.15) is 0 Å². The van der Waals surface area contributed by atoms with Gasteiger partial charge >= 0.3 is 0 Å². The molecule has 22 heavy (non-hydrogen) atoms. The summed E-state index contributed by atoms with van der Waals surface area (Å²) < 4.78 is 0. The Bertz CT molecular complexity index is 484. The first-order valence-electron chi connectivity index (χ1n) is 7.70. The van der Waals surface area contributed by atoms with E-state index in [4.69, 9.17) is 0 Å². The Morgan fingerprint density at radius 3 is 2.36 bits per heavy atom. The van der Waals surface area contributed by atoms with Gasteiger partial charge in [0.2, 0.25) is 0 Å². The SMILES string of the molecule is CC(=O)c1ccc(CN2CCC3(CCNCC3)C2)cc1.Cl.Cl. The number of hydrogen-bond donors (Lipinski definition) is 1. The first-order valence-corrected chi connectivity index (χ1v) is 7.70. The van der Waals surface area contributed by atoms with E-state index in [1.165, 1.54) is 51.0 Å². The van der Waals surface area contributed by atoms with Crippen molar-refractivity contribution >= 4 is 30.6 Å². The molecule has 124 valence electrons. The van der Waals surface area contributed by atoms with Crippen LogP contribution in [0.5, 0.6) is 0 Å². The molecule has 0 unspecified atom stereocenters. The minimum absolute atomic E-state index is 0. The number of halogens is 2. The molecule has 2 saturated heterocycles. The average molecular weight is 345 g/mol. The van der Waals surface area contributed by atoms with E-state index in [2.05, 4.69) is 22.3 Å². The summed E-state index contributed by atoms with van der Waals surface area (Å²) in [5, 5.41) is 3.47. The van der Waals surface area contributed by atoms with E-state index in [1.54, 1.807) is 6.92 Å². The molecule has 3 nitrogen and oxygen atoms in total. The molecule has 5 heteroatoms. The Balaban J connectivity index is 0.00000121. The number of likely N-dealkylation sites (tertiary alicyclic amines) is 1. The number of carbonyl (C=O) groups is 1. The van der Waals surface area contributed by atoms with Gasteiger partial charge in [-0.15, -0.1) is 24.8 Å². The highest BCUT2D eigenvalue weighted by Gasteiger charge is 2.38. The van der Waals surface area contributed by atoms with Crippen LogP contribution >= 0.6 is 24.8 Å². The number of rotatable bonds is 3. The van der Waals surface area contributed by atoms with Crippen molar-refractivity contribution in [2.45, 2.75) is 32.7 Å².